The smallest absolute Gasteiger partial charge is 0.0372 e. The summed E-state index contributed by atoms with van der Waals surface area (Å²) < 4.78 is 0. The zero-order chi connectivity index (χ0) is 13.0. The van der Waals surface area contributed by atoms with Crippen LogP contribution in [0.25, 0.3) is 0 Å². The lowest BCUT2D eigenvalue weighted by Crippen LogP contribution is -2.25. The number of nitrogens with zero attached hydrogens (tertiary/aromatic N) is 1. The molecule has 0 spiro atoms. The van der Waals surface area contributed by atoms with Gasteiger partial charge < -0.3 is 0 Å². The highest BCUT2D eigenvalue weighted by atomic mass is 14.7. The van der Waals surface area contributed by atoms with Gasteiger partial charge in [0.05, 0.1) is 0 Å². The molecule has 0 saturated carbocycles. The SMILES string of the molecule is C/C=C\C=NC1=CCCC2C=C(C)C=CC2(C)C1. The largest absolute Gasteiger partial charge is 0.262 e. The summed E-state index contributed by atoms with van der Waals surface area (Å²) in [7, 11) is 0. The van der Waals surface area contributed by atoms with Crippen LogP contribution in [0.4, 0.5) is 0 Å². The minimum atomic E-state index is 0.245. The van der Waals surface area contributed by atoms with Gasteiger partial charge in [0.1, 0.15) is 0 Å². The second-order valence-electron chi connectivity index (χ2n) is 5.61. The second kappa shape index (κ2) is 5.51. The minimum absolute atomic E-state index is 0.245. The molecule has 1 nitrogen and oxygen atoms in total. The number of allylic oxidation sites excluding steroid dienone is 8. The highest BCUT2D eigenvalue weighted by Crippen LogP contribution is 2.44. The molecule has 0 fully saturated rings. The van der Waals surface area contributed by atoms with Crippen LogP contribution < -0.4 is 0 Å². The maximum Gasteiger partial charge on any atom is 0.0372 e. The molecule has 2 aliphatic rings. The van der Waals surface area contributed by atoms with Crippen molar-refractivity contribution in [2.75, 3.05) is 0 Å². The van der Waals surface area contributed by atoms with Crippen LogP contribution in [0.3, 0.4) is 0 Å². The molecule has 1 heteroatoms. The third-order valence-electron chi connectivity index (χ3n) is 3.98. The van der Waals surface area contributed by atoms with E-state index in [1.165, 1.54) is 17.7 Å². The van der Waals surface area contributed by atoms with Crippen molar-refractivity contribution in [2.45, 2.75) is 40.0 Å². The number of hydrogen-bond acceptors (Lipinski definition) is 1. The molecule has 0 aliphatic heterocycles. The summed E-state index contributed by atoms with van der Waals surface area (Å²) in [6, 6.07) is 0. The Morgan fingerprint density at radius 1 is 1.44 bits per heavy atom. The topological polar surface area (TPSA) is 12.4 Å². The van der Waals surface area contributed by atoms with E-state index in [1.807, 2.05) is 25.3 Å². The molecule has 2 atom stereocenters. The first kappa shape index (κ1) is 13.1. The van der Waals surface area contributed by atoms with Gasteiger partial charge in [-0.15, -0.1) is 0 Å². The zero-order valence-corrected chi connectivity index (χ0v) is 11.7. The third kappa shape index (κ3) is 2.90. The minimum Gasteiger partial charge on any atom is -0.262 e. The summed E-state index contributed by atoms with van der Waals surface area (Å²) in [5.41, 5.74) is 2.88. The first-order valence-corrected chi connectivity index (χ1v) is 6.86. The van der Waals surface area contributed by atoms with Crippen molar-refractivity contribution in [1.82, 2.24) is 0 Å². The van der Waals surface area contributed by atoms with Gasteiger partial charge in [0.15, 0.2) is 0 Å². The predicted octanol–water partition coefficient (Wildman–Crippen LogP) is 4.84. The van der Waals surface area contributed by atoms with Crippen LogP contribution in [-0.4, -0.2) is 6.21 Å². The Hall–Kier alpha value is -1.37. The first-order chi connectivity index (χ1) is 8.64. The molecule has 2 rings (SSSR count). The molecule has 96 valence electrons. The average molecular weight is 241 g/mol. The molecule has 0 N–H and O–H groups in total. The van der Waals surface area contributed by atoms with E-state index < -0.39 is 0 Å². The molecule has 0 bridgehead atoms. The van der Waals surface area contributed by atoms with Crippen molar-refractivity contribution < 1.29 is 0 Å². The van der Waals surface area contributed by atoms with Crippen molar-refractivity contribution >= 4 is 6.21 Å². The fraction of sp³-hybridized carbons (Fsp3) is 0.471. The Kier molecular flexibility index (Phi) is 4.00. The molecular weight excluding hydrogens is 218 g/mol. The zero-order valence-electron chi connectivity index (χ0n) is 11.7. The average Bonchev–Trinajstić information content (AvgIpc) is 2.49. The van der Waals surface area contributed by atoms with E-state index in [-0.39, 0.29) is 5.41 Å². The molecule has 2 aliphatic carbocycles. The van der Waals surface area contributed by atoms with Crippen molar-refractivity contribution in [3.8, 4) is 0 Å². The molecule has 0 aromatic heterocycles. The van der Waals surface area contributed by atoms with Crippen LogP contribution in [-0.2, 0) is 0 Å². The van der Waals surface area contributed by atoms with Crippen molar-refractivity contribution in [3.63, 3.8) is 0 Å². The van der Waals surface area contributed by atoms with E-state index in [1.54, 1.807) is 0 Å². The van der Waals surface area contributed by atoms with Crippen molar-refractivity contribution in [1.29, 1.82) is 0 Å². The molecule has 0 saturated heterocycles. The van der Waals surface area contributed by atoms with E-state index in [4.69, 9.17) is 0 Å². The summed E-state index contributed by atoms with van der Waals surface area (Å²) in [4.78, 5) is 4.58. The van der Waals surface area contributed by atoms with Crippen LogP contribution in [0.1, 0.15) is 40.0 Å². The first-order valence-electron chi connectivity index (χ1n) is 6.86. The van der Waals surface area contributed by atoms with Crippen LogP contribution >= 0.6 is 0 Å². The van der Waals surface area contributed by atoms with E-state index in [0.717, 1.165) is 12.8 Å². The number of hydrogen-bond donors (Lipinski definition) is 0. The van der Waals surface area contributed by atoms with Gasteiger partial charge in [-0.2, -0.15) is 0 Å². The van der Waals surface area contributed by atoms with Crippen LogP contribution in [0, 0.1) is 11.3 Å². The molecule has 0 amide bonds. The van der Waals surface area contributed by atoms with Crippen molar-refractivity contribution in [3.05, 3.63) is 47.7 Å². The van der Waals surface area contributed by atoms with Crippen LogP contribution in [0.15, 0.2) is 52.7 Å². The Morgan fingerprint density at radius 2 is 2.28 bits per heavy atom. The summed E-state index contributed by atoms with van der Waals surface area (Å²) in [5, 5.41) is 0. The lowest BCUT2D eigenvalue weighted by molar-refractivity contribution is 0.293. The summed E-state index contributed by atoms with van der Waals surface area (Å²) >= 11 is 0. The molecule has 18 heavy (non-hydrogen) atoms. The fourth-order valence-electron chi connectivity index (χ4n) is 2.83. The number of rotatable bonds is 2. The van der Waals surface area contributed by atoms with Gasteiger partial charge in [0, 0.05) is 11.9 Å². The van der Waals surface area contributed by atoms with E-state index in [0.29, 0.717) is 5.92 Å². The standard InChI is InChI=1S/C17H23N/c1-4-5-11-18-16-8-6-7-15-12-14(2)9-10-17(15,3)13-16/h4-5,8-12,15H,6-7,13H2,1-3H3/b5-4-,18-11?. The summed E-state index contributed by atoms with van der Waals surface area (Å²) in [6.07, 6.45) is 18.7. The van der Waals surface area contributed by atoms with Gasteiger partial charge in [-0.1, -0.05) is 42.9 Å². The summed E-state index contributed by atoms with van der Waals surface area (Å²) in [6.45, 7) is 6.57. The second-order valence-corrected chi connectivity index (χ2v) is 5.61. The van der Waals surface area contributed by atoms with Gasteiger partial charge in [-0.05, 0) is 50.5 Å². The molecule has 0 radical (unpaired) electrons. The highest BCUT2D eigenvalue weighted by molar-refractivity contribution is 5.72. The maximum atomic E-state index is 4.58. The van der Waals surface area contributed by atoms with E-state index in [2.05, 4.69) is 43.1 Å². The Labute approximate surface area is 111 Å². The molecule has 0 heterocycles. The van der Waals surface area contributed by atoms with Crippen molar-refractivity contribution in [2.24, 2.45) is 16.3 Å². The number of fused-ring (bicyclic) bond motifs is 1. The molecule has 0 aromatic rings. The third-order valence-corrected chi connectivity index (χ3v) is 3.98. The predicted molar refractivity (Wildman–Crippen MR) is 79.7 cm³/mol. The van der Waals surface area contributed by atoms with Gasteiger partial charge in [0.2, 0.25) is 0 Å². The molecule has 2 unspecified atom stereocenters. The quantitative estimate of drug-likeness (QED) is 0.613. The summed E-state index contributed by atoms with van der Waals surface area (Å²) in [5.74, 6) is 0.660. The fourth-order valence-corrected chi connectivity index (χ4v) is 2.83. The molecule has 0 aromatic carbocycles. The van der Waals surface area contributed by atoms with E-state index in [9.17, 15) is 0 Å². The lowest BCUT2D eigenvalue weighted by atomic mass is 9.70. The maximum absolute atomic E-state index is 4.58. The van der Waals surface area contributed by atoms with Gasteiger partial charge >= 0.3 is 0 Å². The van der Waals surface area contributed by atoms with Crippen LogP contribution in [0.2, 0.25) is 0 Å². The number of aliphatic imine (C=N–C) groups is 1. The normalized spacial score (nSPS) is 32.3. The Bertz CT molecular complexity index is 448. The molecular formula is C17H23N. The van der Waals surface area contributed by atoms with Gasteiger partial charge in [-0.25, -0.2) is 0 Å². The van der Waals surface area contributed by atoms with Gasteiger partial charge in [0.25, 0.3) is 0 Å². The lowest BCUT2D eigenvalue weighted by Gasteiger charge is -2.35. The van der Waals surface area contributed by atoms with E-state index >= 15 is 0 Å². The van der Waals surface area contributed by atoms with Crippen LogP contribution in [0.5, 0.6) is 0 Å². The monoisotopic (exact) mass is 241 g/mol. The highest BCUT2D eigenvalue weighted by Gasteiger charge is 2.34. The Morgan fingerprint density at radius 3 is 3.06 bits per heavy atom. The Balaban J connectivity index is 2.17. The van der Waals surface area contributed by atoms with Gasteiger partial charge in [-0.3, -0.25) is 4.99 Å².